The topological polar surface area (TPSA) is 59.1 Å². The Morgan fingerprint density at radius 2 is 1.77 bits per heavy atom. The Hall–Kier alpha value is -2.63. The number of nitrogens with one attached hydrogen (secondary N) is 1. The molecule has 0 aliphatic carbocycles. The second kappa shape index (κ2) is 8.65. The molecule has 1 atom stereocenters. The van der Waals surface area contributed by atoms with Gasteiger partial charge in [0.1, 0.15) is 5.78 Å². The summed E-state index contributed by atoms with van der Waals surface area (Å²) >= 11 is 0. The van der Waals surface area contributed by atoms with Gasteiger partial charge in [-0.1, -0.05) is 32.0 Å². The molecule has 1 amide bonds. The number of ketones is 1. The number of amides is 1. The van der Waals surface area contributed by atoms with Gasteiger partial charge in [-0.2, -0.15) is 0 Å². The number of halogens is 2. The van der Waals surface area contributed by atoms with E-state index in [4.69, 9.17) is 0 Å². The number of alkyl halides is 2. The van der Waals surface area contributed by atoms with Crippen LogP contribution < -0.4 is 5.32 Å². The van der Waals surface area contributed by atoms with Gasteiger partial charge >= 0.3 is 0 Å². The lowest BCUT2D eigenvalue weighted by molar-refractivity contribution is -0.121. The van der Waals surface area contributed by atoms with Crippen molar-refractivity contribution in [2.24, 2.45) is 5.92 Å². The van der Waals surface area contributed by atoms with Gasteiger partial charge < -0.3 is 5.32 Å². The van der Waals surface area contributed by atoms with E-state index < -0.39 is 12.5 Å². The van der Waals surface area contributed by atoms with Gasteiger partial charge in [0.15, 0.2) is 0 Å². The van der Waals surface area contributed by atoms with Crippen LogP contribution in [-0.2, 0) is 11.2 Å². The number of carbonyl (C=O) groups excluding carboxylic acids is 2. The maximum Gasteiger partial charge on any atom is 0.263 e. The van der Waals surface area contributed by atoms with Crippen molar-refractivity contribution in [2.75, 3.05) is 0 Å². The molecule has 0 aliphatic rings. The van der Waals surface area contributed by atoms with Gasteiger partial charge in [-0.3, -0.25) is 14.6 Å². The van der Waals surface area contributed by atoms with E-state index in [0.717, 1.165) is 0 Å². The Labute approximate surface area is 151 Å². The third kappa shape index (κ3) is 5.18. The second-order valence-electron chi connectivity index (χ2n) is 6.50. The van der Waals surface area contributed by atoms with Crippen molar-refractivity contribution in [3.8, 4) is 0 Å². The van der Waals surface area contributed by atoms with E-state index in [-0.39, 0.29) is 29.6 Å². The van der Waals surface area contributed by atoms with Crippen LogP contribution in [0.15, 0.2) is 42.6 Å². The molecule has 2 rings (SSSR count). The van der Waals surface area contributed by atoms with Gasteiger partial charge in [0, 0.05) is 35.4 Å². The zero-order valence-corrected chi connectivity index (χ0v) is 15.0. The van der Waals surface area contributed by atoms with Crippen LogP contribution in [0.4, 0.5) is 8.78 Å². The predicted molar refractivity (Wildman–Crippen MR) is 95.1 cm³/mol. The number of rotatable bonds is 7. The van der Waals surface area contributed by atoms with Crippen LogP contribution in [0.2, 0.25) is 0 Å². The molecule has 0 bridgehead atoms. The first-order valence-electron chi connectivity index (χ1n) is 8.44. The minimum Gasteiger partial charge on any atom is -0.346 e. The van der Waals surface area contributed by atoms with E-state index in [1.165, 1.54) is 18.3 Å². The fourth-order valence-corrected chi connectivity index (χ4v) is 2.43. The largest absolute Gasteiger partial charge is 0.346 e. The van der Waals surface area contributed by atoms with Crippen LogP contribution >= 0.6 is 0 Å². The van der Waals surface area contributed by atoms with Crippen LogP contribution in [0.3, 0.4) is 0 Å². The molecule has 0 spiro atoms. The summed E-state index contributed by atoms with van der Waals surface area (Å²) in [5, 5.41) is 2.79. The van der Waals surface area contributed by atoms with E-state index >= 15 is 0 Å². The third-order valence-corrected chi connectivity index (χ3v) is 4.09. The maximum absolute atomic E-state index is 12.8. The first-order valence-corrected chi connectivity index (χ1v) is 8.44. The molecule has 0 saturated carbocycles. The smallest absolute Gasteiger partial charge is 0.263 e. The fourth-order valence-electron chi connectivity index (χ4n) is 2.43. The van der Waals surface area contributed by atoms with Crippen molar-refractivity contribution in [2.45, 2.75) is 39.7 Å². The Kier molecular flexibility index (Phi) is 6.55. The summed E-state index contributed by atoms with van der Waals surface area (Å²) in [6.07, 6.45) is -0.899. The normalized spacial score (nSPS) is 12.3. The van der Waals surface area contributed by atoms with Crippen molar-refractivity contribution >= 4 is 11.7 Å². The average Bonchev–Trinajstić information content (AvgIpc) is 2.61. The first kappa shape index (κ1) is 19.7. The first-order chi connectivity index (χ1) is 12.3. The highest BCUT2D eigenvalue weighted by Crippen LogP contribution is 2.22. The quantitative estimate of drug-likeness (QED) is 0.802. The molecule has 0 aliphatic heterocycles. The molecule has 6 heteroatoms. The fraction of sp³-hybridized carbons (Fsp3) is 0.350. The van der Waals surface area contributed by atoms with Gasteiger partial charge in [0.2, 0.25) is 0 Å². The molecule has 1 aromatic heterocycles. The minimum absolute atomic E-state index is 0.0484. The third-order valence-electron chi connectivity index (χ3n) is 4.09. The molecule has 1 heterocycles. The lowest BCUT2D eigenvalue weighted by Crippen LogP contribution is -2.27. The average molecular weight is 360 g/mol. The Morgan fingerprint density at radius 3 is 2.42 bits per heavy atom. The molecule has 4 nitrogen and oxygen atoms in total. The number of nitrogens with zero attached hydrogens (tertiary/aromatic N) is 1. The molecule has 26 heavy (non-hydrogen) atoms. The SMILES string of the molecule is CC(C)C(=O)Cc1cc(C(=O)NC(C)c2cccc(C(F)F)c2)ccn1. The van der Waals surface area contributed by atoms with Crippen molar-refractivity contribution in [1.82, 2.24) is 10.3 Å². The number of pyridine rings is 1. The Morgan fingerprint density at radius 1 is 1.08 bits per heavy atom. The van der Waals surface area contributed by atoms with Gasteiger partial charge in [-0.15, -0.1) is 0 Å². The maximum atomic E-state index is 12.8. The summed E-state index contributed by atoms with van der Waals surface area (Å²) in [6.45, 7) is 5.36. The van der Waals surface area contributed by atoms with Crippen molar-refractivity contribution < 1.29 is 18.4 Å². The molecule has 138 valence electrons. The standard InChI is InChI=1S/C20H22F2N2O2/c1-12(2)18(25)11-17-10-16(7-8-23-17)20(26)24-13(3)14-5-4-6-15(9-14)19(21)22/h4-10,12-13,19H,11H2,1-3H3,(H,24,26). The molecule has 1 aromatic carbocycles. The highest BCUT2D eigenvalue weighted by Gasteiger charge is 2.15. The zero-order valence-electron chi connectivity index (χ0n) is 15.0. The summed E-state index contributed by atoms with van der Waals surface area (Å²) < 4.78 is 25.6. The van der Waals surface area contributed by atoms with Gasteiger partial charge in [-0.05, 0) is 30.7 Å². The van der Waals surface area contributed by atoms with Crippen LogP contribution in [0.25, 0.3) is 0 Å². The Balaban J connectivity index is 2.09. The number of benzene rings is 1. The van der Waals surface area contributed by atoms with Gasteiger partial charge in [0.05, 0.1) is 6.04 Å². The molecule has 0 saturated heterocycles. The van der Waals surface area contributed by atoms with Gasteiger partial charge in [-0.25, -0.2) is 8.78 Å². The van der Waals surface area contributed by atoms with Crippen LogP contribution in [0, 0.1) is 5.92 Å². The Bertz CT molecular complexity index is 791. The molecule has 1 unspecified atom stereocenters. The number of carbonyl (C=O) groups is 2. The van der Waals surface area contributed by atoms with Crippen molar-refractivity contribution in [3.63, 3.8) is 0 Å². The zero-order chi connectivity index (χ0) is 19.3. The van der Waals surface area contributed by atoms with Crippen LogP contribution in [0.1, 0.15) is 60.4 Å². The number of aromatic nitrogens is 1. The van der Waals surface area contributed by atoms with Crippen LogP contribution in [-0.4, -0.2) is 16.7 Å². The summed E-state index contributed by atoms with van der Waals surface area (Å²) in [7, 11) is 0. The van der Waals surface area contributed by atoms with E-state index in [9.17, 15) is 18.4 Å². The van der Waals surface area contributed by atoms with Crippen molar-refractivity contribution in [3.05, 3.63) is 65.0 Å². The molecule has 1 N–H and O–H groups in total. The van der Waals surface area contributed by atoms with E-state index in [0.29, 0.717) is 16.8 Å². The van der Waals surface area contributed by atoms with Crippen LogP contribution in [0.5, 0.6) is 0 Å². The predicted octanol–water partition coefficient (Wildman–Crippen LogP) is 4.28. The second-order valence-corrected chi connectivity index (χ2v) is 6.50. The monoisotopic (exact) mass is 360 g/mol. The summed E-state index contributed by atoms with van der Waals surface area (Å²) in [6, 6.07) is 8.67. The molecule has 2 aromatic rings. The van der Waals surface area contributed by atoms with Gasteiger partial charge in [0.25, 0.3) is 12.3 Å². The molecule has 0 radical (unpaired) electrons. The molecular weight excluding hydrogens is 338 g/mol. The van der Waals surface area contributed by atoms with E-state index in [1.807, 2.05) is 13.8 Å². The minimum atomic E-state index is -2.56. The number of hydrogen-bond donors (Lipinski definition) is 1. The summed E-state index contributed by atoms with van der Waals surface area (Å²) in [4.78, 5) is 28.4. The number of hydrogen-bond acceptors (Lipinski definition) is 3. The van der Waals surface area contributed by atoms with E-state index in [1.54, 1.807) is 31.2 Å². The van der Waals surface area contributed by atoms with E-state index in [2.05, 4.69) is 10.3 Å². The summed E-state index contributed by atoms with van der Waals surface area (Å²) in [5.41, 5.74) is 1.43. The number of Topliss-reactive ketones (excluding diaryl/α,β-unsaturated/α-hetero) is 1. The molecular formula is C20H22F2N2O2. The molecule has 0 fully saturated rings. The lowest BCUT2D eigenvalue weighted by atomic mass is 10.0. The summed E-state index contributed by atoms with van der Waals surface area (Å²) in [5.74, 6) is -0.399. The lowest BCUT2D eigenvalue weighted by Gasteiger charge is -2.15. The van der Waals surface area contributed by atoms with Crippen molar-refractivity contribution in [1.29, 1.82) is 0 Å². The highest BCUT2D eigenvalue weighted by molar-refractivity contribution is 5.94. The highest BCUT2D eigenvalue weighted by atomic mass is 19.3.